The summed E-state index contributed by atoms with van der Waals surface area (Å²) < 4.78 is 0. The zero-order valence-corrected chi connectivity index (χ0v) is 12.1. The molecule has 2 aromatic carbocycles. The van der Waals surface area contributed by atoms with Crippen LogP contribution in [0.4, 0.5) is 0 Å². The lowest BCUT2D eigenvalue weighted by Gasteiger charge is -2.17. The Bertz CT molecular complexity index is 744. The first kappa shape index (κ1) is 12.9. The van der Waals surface area contributed by atoms with Crippen LogP contribution in [0.15, 0.2) is 48.0 Å². The van der Waals surface area contributed by atoms with E-state index in [2.05, 4.69) is 54.1 Å². The van der Waals surface area contributed by atoms with Crippen molar-refractivity contribution >= 4 is 28.3 Å². The largest absolute Gasteiger partial charge is 0.258 e. The summed E-state index contributed by atoms with van der Waals surface area (Å²) in [4.78, 5) is 4.55. The maximum atomic E-state index is 4.55. The molecule has 0 aliphatic heterocycles. The van der Waals surface area contributed by atoms with Crippen LogP contribution >= 0.6 is 0 Å². The molecule has 0 saturated heterocycles. The Hall–Kier alpha value is -2.15. The minimum Gasteiger partial charge on any atom is -0.258 e. The Morgan fingerprint density at radius 3 is 2.65 bits per heavy atom. The van der Waals surface area contributed by atoms with Crippen molar-refractivity contribution in [2.75, 3.05) is 0 Å². The van der Waals surface area contributed by atoms with Crippen LogP contribution in [0.2, 0.25) is 0 Å². The number of allylic oxidation sites excluding steroid dienone is 1. The lowest BCUT2D eigenvalue weighted by atomic mass is 9.88. The number of benzene rings is 2. The van der Waals surface area contributed by atoms with Gasteiger partial charge in [0.1, 0.15) is 0 Å². The van der Waals surface area contributed by atoms with Gasteiger partial charge >= 0.3 is 0 Å². The van der Waals surface area contributed by atoms with Crippen LogP contribution < -0.4 is 0 Å². The minimum absolute atomic E-state index is 0.860. The number of fused-ring (bicyclic) bond motifs is 3. The molecule has 0 spiro atoms. The van der Waals surface area contributed by atoms with Crippen LogP contribution in [0, 0.1) is 0 Å². The van der Waals surface area contributed by atoms with E-state index in [-0.39, 0.29) is 0 Å². The highest BCUT2D eigenvalue weighted by atomic mass is 14.7. The predicted molar refractivity (Wildman–Crippen MR) is 89.1 cm³/mol. The molecular formula is C19H19N. The first-order valence-electron chi connectivity index (χ1n) is 7.09. The molecule has 20 heavy (non-hydrogen) atoms. The van der Waals surface area contributed by atoms with Crippen molar-refractivity contribution in [1.82, 2.24) is 0 Å². The third kappa shape index (κ3) is 2.20. The second-order valence-electron chi connectivity index (χ2n) is 5.49. The minimum atomic E-state index is 0.860. The number of hydrogen-bond acceptors (Lipinski definition) is 1. The molecular weight excluding hydrogens is 242 g/mol. The van der Waals surface area contributed by atoms with E-state index in [9.17, 15) is 0 Å². The summed E-state index contributed by atoms with van der Waals surface area (Å²) in [6.45, 7) is 8.18. The molecule has 0 radical (unpaired) electrons. The van der Waals surface area contributed by atoms with Gasteiger partial charge in [-0.25, -0.2) is 0 Å². The second-order valence-corrected chi connectivity index (χ2v) is 5.49. The summed E-state index contributed by atoms with van der Waals surface area (Å²) in [5, 5.41) is 2.55. The average Bonchev–Trinajstić information content (AvgIpc) is 2.45. The van der Waals surface area contributed by atoms with Gasteiger partial charge in [-0.15, -0.1) is 0 Å². The van der Waals surface area contributed by atoms with E-state index in [0.717, 1.165) is 29.8 Å². The molecule has 1 aliphatic rings. The molecule has 1 heteroatoms. The first-order chi connectivity index (χ1) is 9.66. The summed E-state index contributed by atoms with van der Waals surface area (Å²) in [6, 6.07) is 10.8. The zero-order valence-electron chi connectivity index (χ0n) is 12.1. The van der Waals surface area contributed by atoms with E-state index >= 15 is 0 Å². The second kappa shape index (κ2) is 5.09. The van der Waals surface area contributed by atoms with Crippen molar-refractivity contribution in [2.24, 2.45) is 4.99 Å². The van der Waals surface area contributed by atoms with Crippen molar-refractivity contribution in [3.63, 3.8) is 0 Å². The third-order valence-corrected chi connectivity index (χ3v) is 3.71. The molecule has 0 N–H and O–H groups in total. The van der Waals surface area contributed by atoms with Gasteiger partial charge in [-0.1, -0.05) is 43.0 Å². The smallest absolute Gasteiger partial charge is 0.0635 e. The highest BCUT2D eigenvalue weighted by Gasteiger charge is 2.13. The zero-order chi connectivity index (χ0) is 14.1. The predicted octanol–water partition coefficient (Wildman–Crippen LogP) is 5.25. The Morgan fingerprint density at radius 2 is 1.90 bits per heavy atom. The van der Waals surface area contributed by atoms with Crippen LogP contribution in [0.5, 0.6) is 0 Å². The van der Waals surface area contributed by atoms with Crippen LogP contribution in [0.3, 0.4) is 0 Å². The van der Waals surface area contributed by atoms with Crippen LogP contribution in [0.1, 0.15) is 37.0 Å². The Balaban J connectivity index is 2.31. The fraction of sp³-hybridized carbons (Fsp3) is 0.211. The van der Waals surface area contributed by atoms with Gasteiger partial charge in [-0.05, 0) is 54.7 Å². The molecule has 2 aromatic rings. The van der Waals surface area contributed by atoms with Crippen molar-refractivity contribution in [1.29, 1.82) is 0 Å². The molecule has 0 saturated carbocycles. The van der Waals surface area contributed by atoms with Crippen molar-refractivity contribution in [3.05, 3.63) is 59.7 Å². The summed E-state index contributed by atoms with van der Waals surface area (Å²) in [7, 11) is 0. The Kier molecular flexibility index (Phi) is 3.27. The fourth-order valence-corrected chi connectivity index (χ4v) is 2.87. The number of rotatable bonds is 2. The monoisotopic (exact) mass is 261 g/mol. The SMILES string of the molecule is C=C(N=C(C)C)c1cc2c(c3ccccc13)C=CCC2. The first-order valence-corrected chi connectivity index (χ1v) is 7.09. The van der Waals surface area contributed by atoms with E-state index in [0.29, 0.717) is 0 Å². The Morgan fingerprint density at radius 1 is 1.15 bits per heavy atom. The molecule has 0 unspecified atom stereocenters. The average molecular weight is 261 g/mol. The highest BCUT2D eigenvalue weighted by Crippen LogP contribution is 2.33. The van der Waals surface area contributed by atoms with E-state index in [4.69, 9.17) is 0 Å². The molecule has 0 atom stereocenters. The van der Waals surface area contributed by atoms with Crippen molar-refractivity contribution in [3.8, 4) is 0 Å². The van der Waals surface area contributed by atoms with Gasteiger partial charge in [-0.3, -0.25) is 4.99 Å². The number of nitrogens with zero attached hydrogens (tertiary/aromatic N) is 1. The van der Waals surface area contributed by atoms with E-state index in [1.54, 1.807) is 0 Å². The molecule has 1 aliphatic carbocycles. The molecule has 3 rings (SSSR count). The normalized spacial score (nSPS) is 13.1. The van der Waals surface area contributed by atoms with Gasteiger partial charge < -0.3 is 0 Å². The van der Waals surface area contributed by atoms with Gasteiger partial charge in [0.15, 0.2) is 0 Å². The number of aliphatic imine (C=N–C) groups is 1. The standard InChI is InChI=1S/C19H19N/c1-13(2)20-14(3)19-12-15-8-4-5-9-16(15)17-10-6-7-11-18(17)19/h5-7,9-12H,3-4,8H2,1-2H3. The third-order valence-electron chi connectivity index (χ3n) is 3.71. The quantitative estimate of drug-likeness (QED) is 0.655. The lowest BCUT2D eigenvalue weighted by Crippen LogP contribution is -1.98. The number of aryl methyl sites for hydroxylation is 1. The highest BCUT2D eigenvalue weighted by molar-refractivity contribution is 6.01. The molecule has 100 valence electrons. The Labute approximate surface area is 120 Å². The fourth-order valence-electron chi connectivity index (χ4n) is 2.87. The lowest BCUT2D eigenvalue weighted by molar-refractivity contribution is 0.989. The van der Waals surface area contributed by atoms with Gasteiger partial charge in [0, 0.05) is 11.3 Å². The topological polar surface area (TPSA) is 12.4 Å². The molecule has 0 fully saturated rings. The molecule has 0 aromatic heterocycles. The van der Waals surface area contributed by atoms with Gasteiger partial charge in [0.05, 0.1) is 5.70 Å². The summed E-state index contributed by atoms with van der Waals surface area (Å²) >= 11 is 0. The summed E-state index contributed by atoms with van der Waals surface area (Å²) in [5.41, 5.74) is 5.83. The maximum absolute atomic E-state index is 4.55. The van der Waals surface area contributed by atoms with E-state index in [1.807, 2.05) is 13.8 Å². The molecule has 0 heterocycles. The maximum Gasteiger partial charge on any atom is 0.0635 e. The van der Waals surface area contributed by atoms with E-state index in [1.165, 1.54) is 21.9 Å². The summed E-state index contributed by atoms with van der Waals surface area (Å²) in [6.07, 6.45) is 6.73. The van der Waals surface area contributed by atoms with Crippen molar-refractivity contribution in [2.45, 2.75) is 26.7 Å². The summed E-state index contributed by atoms with van der Waals surface area (Å²) in [5.74, 6) is 0. The van der Waals surface area contributed by atoms with Crippen LogP contribution in [-0.2, 0) is 6.42 Å². The molecule has 0 bridgehead atoms. The van der Waals surface area contributed by atoms with Gasteiger partial charge in [-0.2, -0.15) is 0 Å². The van der Waals surface area contributed by atoms with Crippen LogP contribution in [-0.4, -0.2) is 5.71 Å². The van der Waals surface area contributed by atoms with Crippen molar-refractivity contribution < 1.29 is 0 Å². The van der Waals surface area contributed by atoms with Gasteiger partial charge in [0.25, 0.3) is 0 Å². The van der Waals surface area contributed by atoms with Crippen LogP contribution in [0.25, 0.3) is 22.5 Å². The van der Waals surface area contributed by atoms with Gasteiger partial charge in [0.2, 0.25) is 0 Å². The van der Waals surface area contributed by atoms with E-state index < -0.39 is 0 Å². The number of hydrogen-bond donors (Lipinski definition) is 0. The molecule has 0 amide bonds. The molecule has 1 nitrogen and oxygen atoms in total.